The quantitative estimate of drug-likeness (QED) is 0.120. The van der Waals surface area contributed by atoms with Crippen molar-refractivity contribution in [1.82, 2.24) is 9.55 Å². The molecule has 5 aromatic rings. The number of nitrogens with two attached hydrogens (primary N) is 1. The van der Waals surface area contributed by atoms with Crippen LogP contribution in [0.1, 0.15) is 33.6 Å². The summed E-state index contributed by atoms with van der Waals surface area (Å²) in [4.78, 5) is 15.6. The molecule has 5 rings (SSSR count). The summed E-state index contributed by atoms with van der Waals surface area (Å²) >= 11 is 0. The number of rotatable bonds is 7. The molecule has 0 atom stereocenters. The van der Waals surface area contributed by atoms with Crippen LogP contribution >= 0.6 is 0 Å². The highest BCUT2D eigenvalue weighted by atomic mass is 16.6. The van der Waals surface area contributed by atoms with Crippen LogP contribution < -0.4 is 5.73 Å². The van der Waals surface area contributed by atoms with E-state index >= 15 is 0 Å². The molecule has 0 saturated heterocycles. The number of anilines is 1. The monoisotopic (exact) mass is 486 g/mol. The largest absolute Gasteiger partial charge is 0.393 e. The second-order valence-corrected chi connectivity index (χ2v) is 8.80. The van der Waals surface area contributed by atoms with E-state index in [0.29, 0.717) is 5.56 Å². The summed E-state index contributed by atoms with van der Waals surface area (Å²) in [6, 6.07) is 36.0. The van der Waals surface area contributed by atoms with Crippen molar-refractivity contribution in [2.24, 2.45) is 0 Å². The molecule has 0 aliphatic carbocycles. The Kier molecular flexibility index (Phi) is 6.39. The Morgan fingerprint density at radius 1 is 0.811 bits per heavy atom. The van der Waals surface area contributed by atoms with Crippen LogP contribution in [0.3, 0.4) is 0 Å². The summed E-state index contributed by atoms with van der Waals surface area (Å²) in [5.41, 5.74) is 10.9. The Bertz CT molecular complexity index is 1460. The molecule has 0 amide bonds. The highest BCUT2D eigenvalue weighted by molar-refractivity contribution is 5.73. The summed E-state index contributed by atoms with van der Waals surface area (Å²) < 4.78 is 2.21. The van der Waals surface area contributed by atoms with Crippen molar-refractivity contribution in [1.29, 1.82) is 0 Å². The lowest BCUT2D eigenvalue weighted by molar-refractivity contribution is -0.383. The molecule has 0 aliphatic rings. The third kappa shape index (κ3) is 4.29. The molecule has 6 nitrogen and oxygen atoms in total. The van der Waals surface area contributed by atoms with Crippen LogP contribution in [0.5, 0.6) is 0 Å². The van der Waals surface area contributed by atoms with Gasteiger partial charge in [0.15, 0.2) is 0 Å². The Balaban J connectivity index is 1.69. The number of nitrogen functional groups attached to an aromatic ring is 1. The summed E-state index contributed by atoms with van der Waals surface area (Å²) in [5.74, 6) is 0. The molecule has 0 spiro atoms. The van der Waals surface area contributed by atoms with Gasteiger partial charge >= 0.3 is 0 Å². The van der Waals surface area contributed by atoms with Gasteiger partial charge in [-0.3, -0.25) is 10.1 Å². The highest BCUT2D eigenvalue weighted by Crippen LogP contribution is 2.42. The number of hydrogen-bond donors (Lipinski definition) is 1. The normalized spacial score (nSPS) is 11.6. The average Bonchev–Trinajstić information content (AvgIpc) is 3.30. The minimum Gasteiger partial charge on any atom is -0.393 e. The smallest absolute Gasteiger partial charge is 0.292 e. The lowest BCUT2D eigenvalue weighted by Crippen LogP contribution is -2.38. The van der Waals surface area contributed by atoms with Crippen molar-refractivity contribution >= 4 is 23.5 Å². The van der Waals surface area contributed by atoms with E-state index < -0.39 is 10.5 Å². The zero-order valence-electron chi connectivity index (χ0n) is 20.4. The number of nitro benzene ring substituents is 1. The first-order chi connectivity index (χ1) is 18.0. The summed E-state index contributed by atoms with van der Waals surface area (Å²) in [5, 5.41) is 11.3. The summed E-state index contributed by atoms with van der Waals surface area (Å²) in [7, 11) is 0. The van der Waals surface area contributed by atoms with Gasteiger partial charge in [0.2, 0.25) is 0 Å². The number of imidazole rings is 1. The van der Waals surface area contributed by atoms with Crippen LogP contribution in [0.25, 0.3) is 12.2 Å². The number of nitro groups is 1. The van der Waals surface area contributed by atoms with Gasteiger partial charge in [-0.1, -0.05) is 103 Å². The predicted octanol–water partition coefficient (Wildman–Crippen LogP) is 6.69. The first-order valence-corrected chi connectivity index (χ1v) is 11.9. The standard InChI is InChI=1S/C31H26N4O2/c1-23-29(20-18-24-17-19-28(32)30(21-24)35(36)37)33-22-34(23)31(25-11-5-2-6-12-25,26-13-7-3-8-14-26)27-15-9-4-10-16-27/h2-22H,32H2,1H3/b20-18+. The van der Waals surface area contributed by atoms with Crippen molar-refractivity contribution in [2.75, 3.05) is 5.73 Å². The molecule has 0 unspecified atom stereocenters. The molecular formula is C31H26N4O2. The SMILES string of the molecule is Cc1c(/C=C/c2ccc(N)c([N+](=O)[O-])c2)ncn1C(c1ccccc1)(c1ccccc1)c1ccccc1. The topological polar surface area (TPSA) is 87.0 Å². The van der Waals surface area contributed by atoms with Gasteiger partial charge in [0.1, 0.15) is 11.2 Å². The predicted molar refractivity (Wildman–Crippen MR) is 148 cm³/mol. The molecule has 0 bridgehead atoms. The molecule has 0 aliphatic heterocycles. The van der Waals surface area contributed by atoms with E-state index in [1.165, 1.54) is 6.07 Å². The molecule has 0 saturated carbocycles. The van der Waals surface area contributed by atoms with E-state index in [0.717, 1.165) is 28.1 Å². The fourth-order valence-corrected chi connectivity index (χ4v) is 4.88. The van der Waals surface area contributed by atoms with Gasteiger partial charge in [-0.25, -0.2) is 4.98 Å². The maximum absolute atomic E-state index is 11.3. The van der Waals surface area contributed by atoms with E-state index in [2.05, 4.69) is 77.4 Å². The number of benzene rings is 4. The fourth-order valence-electron chi connectivity index (χ4n) is 4.88. The number of hydrogen-bond acceptors (Lipinski definition) is 4. The maximum atomic E-state index is 11.3. The third-order valence-corrected chi connectivity index (χ3v) is 6.67. The third-order valence-electron chi connectivity index (χ3n) is 6.67. The minimum absolute atomic E-state index is 0.111. The van der Waals surface area contributed by atoms with Crippen LogP contribution in [0.4, 0.5) is 11.4 Å². The van der Waals surface area contributed by atoms with Crippen molar-refractivity contribution in [3.8, 4) is 0 Å². The second kappa shape index (κ2) is 9.95. The average molecular weight is 487 g/mol. The Morgan fingerprint density at radius 2 is 1.32 bits per heavy atom. The van der Waals surface area contributed by atoms with Gasteiger partial charge in [0.05, 0.1) is 16.9 Å². The number of nitrogens with zero attached hydrogens (tertiary/aromatic N) is 3. The van der Waals surface area contributed by atoms with Gasteiger partial charge in [-0.05, 0) is 41.3 Å². The fraction of sp³-hybridized carbons (Fsp3) is 0.0645. The summed E-state index contributed by atoms with van der Waals surface area (Å²) in [6.07, 6.45) is 5.57. The zero-order chi connectivity index (χ0) is 25.8. The first-order valence-electron chi connectivity index (χ1n) is 11.9. The van der Waals surface area contributed by atoms with Crippen molar-refractivity contribution in [2.45, 2.75) is 12.5 Å². The molecule has 2 N–H and O–H groups in total. The Hall–Kier alpha value is -4.97. The van der Waals surface area contributed by atoms with Crippen LogP contribution in [0.2, 0.25) is 0 Å². The Morgan fingerprint density at radius 3 is 1.81 bits per heavy atom. The van der Waals surface area contributed by atoms with Gasteiger partial charge in [-0.2, -0.15) is 0 Å². The zero-order valence-corrected chi connectivity index (χ0v) is 20.4. The lowest BCUT2D eigenvalue weighted by Gasteiger charge is -2.38. The maximum Gasteiger partial charge on any atom is 0.292 e. The molecule has 0 fully saturated rings. The highest BCUT2D eigenvalue weighted by Gasteiger charge is 2.39. The molecule has 37 heavy (non-hydrogen) atoms. The van der Waals surface area contributed by atoms with Gasteiger partial charge in [0.25, 0.3) is 5.69 Å². The minimum atomic E-state index is -0.660. The molecule has 4 aromatic carbocycles. The van der Waals surface area contributed by atoms with E-state index in [1.54, 1.807) is 12.1 Å². The first kappa shape index (κ1) is 23.8. The van der Waals surface area contributed by atoms with E-state index in [-0.39, 0.29) is 11.4 Å². The molecule has 1 aromatic heterocycles. The molecule has 1 heterocycles. The molecule has 182 valence electrons. The van der Waals surface area contributed by atoms with E-state index in [9.17, 15) is 10.1 Å². The molecule has 0 radical (unpaired) electrons. The molecule has 6 heteroatoms. The van der Waals surface area contributed by atoms with E-state index in [1.807, 2.05) is 43.6 Å². The Labute approximate surface area is 215 Å². The van der Waals surface area contributed by atoms with Crippen molar-refractivity contribution in [3.05, 3.63) is 159 Å². The lowest BCUT2D eigenvalue weighted by atomic mass is 9.76. The summed E-state index contributed by atoms with van der Waals surface area (Å²) in [6.45, 7) is 2.04. The second-order valence-electron chi connectivity index (χ2n) is 8.80. The number of aromatic nitrogens is 2. The molecular weight excluding hydrogens is 460 g/mol. The van der Waals surface area contributed by atoms with Crippen molar-refractivity contribution in [3.63, 3.8) is 0 Å². The van der Waals surface area contributed by atoms with Gasteiger partial charge in [0, 0.05) is 11.8 Å². The van der Waals surface area contributed by atoms with Crippen LogP contribution in [0.15, 0.2) is 116 Å². The van der Waals surface area contributed by atoms with Crippen molar-refractivity contribution < 1.29 is 4.92 Å². The van der Waals surface area contributed by atoms with Gasteiger partial charge in [-0.15, -0.1) is 0 Å². The van der Waals surface area contributed by atoms with E-state index in [4.69, 9.17) is 10.7 Å². The van der Waals surface area contributed by atoms with Crippen LogP contribution in [0, 0.1) is 17.0 Å². The van der Waals surface area contributed by atoms with Crippen LogP contribution in [-0.4, -0.2) is 14.5 Å². The van der Waals surface area contributed by atoms with Crippen LogP contribution in [-0.2, 0) is 5.54 Å². The van der Waals surface area contributed by atoms with Gasteiger partial charge < -0.3 is 10.3 Å².